The summed E-state index contributed by atoms with van der Waals surface area (Å²) in [5, 5.41) is 0. The van der Waals surface area contributed by atoms with Gasteiger partial charge in [0.15, 0.2) is 0 Å². The van der Waals surface area contributed by atoms with Crippen molar-refractivity contribution in [3.8, 4) is 0 Å². The third kappa shape index (κ3) is 3.67. The molecule has 2 rings (SSSR count). The smallest absolute Gasteiger partial charge is 0.227 e. The van der Waals surface area contributed by atoms with E-state index in [4.69, 9.17) is 0 Å². The van der Waals surface area contributed by atoms with Crippen molar-refractivity contribution in [1.82, 2.24) is 0 Å². The van der Waals surface area contributed by atoms with Crippen LogP contribution in [0.3, 0.4) is 0 Å². The second kappa shape index (κ2) is 6.33. The third-order valence-corrected chi connectivity index (χ3v) is 3.31. The van der Waals surface area contributed by atoms with Gasteiger partial charge in [-0.15, -0.1) is 0 Å². The highest BCUT2D eigenvalue weighted by atomic mass is 19.1. The minimum Gasteiger partial charge on any atom is -0.315 e. The van der Waals surface area contributed by atoms with Gasteiger partial charge in [0, 0.05) is 19.2 Å². The predicted molar refractivity (Wildman–Crippen MR) is 79.3 cm³/mol. The molecule has 0 N–H and O–H groups in total. The van der Waals surface area contributed by atoms with Crippen LogP contribution in [-0.2, 0) is 11.2 Å². The van der Waals surface area contributed by atoms with Gasteiger partial charge < -0.3 is 4.90 Å². The highest BCUT2D eigenvalue weighted by Gasteiger charge is 2.10. The van der Waals surface area contributed by atoms with Crippen LogP contribution >= 0.6 is 0 Å². The quantitative estimate of drug-likeness (QED) is 0.829. The molecule has 0 aliphatic heterocycles. The van der Waals surface area contributed by atoms with Crippen molar-refractivity contribution in [3.63, 3.8) is 0 Å². The van der Waals surface area contributed by atoms with Gasteiger partial charge >= 0.3 is 0 Å². The summed E-state index contributed by atoms with van der Waals surface area (Å²) in [6.07, 6.45) is 0.917. The molecule has 2 aromatic rings. The molecule has 0 unspecified atom stereocenters. The molecule has 0 spiro atoms. The van der Waals surface area contributed by atoms with E-state index in [0.717, 1.165) is 16.8 Å². The highest BCUT2D eigenvalue weighted by Crippen LogP contribution is 2.15. The Bertz CT molecular complexity index is 592. The van der Waals surface area contributed by atoms with Gasteiger partial charge in [-0.1, -0.05) is 29.8 Å². The van der Waals surface area contributed by atoms with Crippen LogP contribution in [0.15, 0.2) is 48.5 Å². The van der Waals surface area contributed by atoms with Gasteiger partial charge in [0.2, 0.25) is 5.91 Å². The minimum absolute atomic E-state index is 0.0260. The van der Waals surface area contributed by atoms with Crippen molar-refractivity contribution in [1.29, 1.82) is 0 Å². The number of anilines is 1. The van der Waals surface area contributed by atoms with Crippen LogP contribution in [0.25, 0.3) is 0 Å². The van der Waals surface area contributed by atoms with Gasteiger partial charge in [-0.2, -0.15) is 0 Å². The van der Waals surface area contributed by atoms with Crippen molar-refractivity contribution in [2.45, 2.75) is 19.8 Å². The largest absolute Gasteiger partial charge is 0.315 e. The second-order valence-electron chi connectivity index (χ2n) is 4.92. The maximum Gasteiger partial charge on any atom is 0.227 e. The van der Waals surface area contributed by atoms with Gasteiger partial charge in [0.25, 0.3) is 0 Å². The van der Waals surface area contributed by atoms with Crippen molar-refractivity contribution in [2.75, 3.05) is 11.9 Å². The average Bonchev–Trinajstić information content (AvgIpc) is 2.45. The van der Waals surface area contributed by atoms with Crippen LogP contribution in [0.5, 0.6) is 0 Å². The molecule has 2 nitrogen and oxygen atoms in total. The molecule has 0 atom stereocenters. The molecule has 0 aliphatic rings. The maximum absolute atomic E-state index is 13.1. The molecular weight excluding hydrogens is 253 g/mol. The van der Waals surface area contributed by atoms with Crippen LogP contribution in [0.2, 0.25) is 0 Å². The first-order valence-electron chi connectivity index (χ1n) is 6.64. The zero-order chi connectivity index (χ0) is 14.5. The van der Waals surface area contributed by atoms with Crippen LogP contribution in [0, 0.1) is 12.7 Å². The predicted octanol–water partition coefficient (Wildman–Crippen LogP) is 3.73. The van der Waals surface area contributed by atoms with E-state index in [-0.39, 0.29) is 11.7 Å². The molecule has 3 heteroatoms. The van der Waals surface area contributed by atoms with Gasteiger partial charge in [-0.25, -0.2) is 4.39 Å². The Morgan fingerprint density at radius 1 is 1.15 bits per heavy atom. The standard InChI is InChI=1S/C17H18FNO/c1-13-6-9-16(10-7-13)19(2)17(20)11-8-14-4-3-5-15(18)12-14/h3-7,9-10,12H,8,11H2,1-2H3. The Balaban J connectivity index is 1.96. The first-order chi connectivity index (χ1) is 9.56. The molecular formula is C17H18FNO. The normalized spacial score (nSPS) is 10.3. The number of hydrogen-bond acceptors (Lipinski definition) is 1. The van der Waals surface area contributed by atoms with Gasteiger partial charge in [0.1, 0.15) is 5.82 Å². The molecule has 0 radical (unpaired) electrons. The average molecular weight is 271 g/mol. The number of benzene rings is 2. The van der Waals surface area contributed by atoms with Crippen LogP contribution < -0.4 is 4.90 Å². The lowest BCUT2D eigenvalue weighted by Gasteiger charge is -2.17. The number of hydrogen-bond donors (Lipinski definition) is 0. The third-order valence-electron chi connectivity index (χ3n) is 3.31. The van der Waals surface area contributed by atoms with Gasteiger partial charge in [-0.05, 0) is 43.2 Å². The Morgan fingerprint density at radius 2 is 1.85 bits per heavy atom. The van der Waals surface area contributed by atoms with Crippen LogP contribution in [0.1, 0.15) is 17.5 Å². The number of carbonyl (C=O) groups is 1. The van der Waals surface area contributed by atoms with Crippen LogP contribution in [-0.4, -0.2) is 13.0 Å². The SMILES string of the molecule is Cc1ccc(N(C)C(=O)CCc2cccc(F)c2)cc1. The van der Waals surface area contributed by atoms with Crippen molar-refractivity contribution >= 4 is 11.6 Å². The molecule has 0 aromatic heterocycles. The molecule has 0 heterocycles. The van der Waals surface area contributed by atoms with E-state index in [0.29, 0.717) is 12.8 Å². The monoisotopic (exact) mass is 271 g/mol. The lowest BCUT2D eigenvalue weighted by Crippen LogP contribution is -2.26. The van der Waals surface area contributed by atoms with Crippen molar-refractivity contribution in [2.24, 2.45) is 0 Å². The summed E-state index contributed by atoms with van der Waals surface area (Å²) >= 11 is 0. The summed E-state index contributed by atoms with van der Waals surface area (Å²) in [5.74, 6) is -0.236. The molecule has 1 amide bonds. The summed E-state index contributed by atoms with van der Waals surface area (Å²) < 4.78 is 13.1. The summed E-state index contributed by atoms with van der Waals surface area (Å²) in [5.41, 5.74) is 2.88. The number of nitrogens with zero attached hydrogens (tertiary/aromatic N) is 1. The van der Waals surface area contributed by atoms with Crippen LogP contribution in [0.4, 0.5) is 10.1 Å². The van der Waals surface area contributed by atoms with Crippen molar-refractivity contribution in [3.05, 3.63) is 65.5 Å². The molecule has 0 bridgehead atoms. The molecule has 0 saturated heterocycles. The van der Waals surface area contributed by atoms with E-state index in [1.807, 2.05) is 37.3 Å². The maximum atomic E-state index is 13.1. The Morgan fingerprint density at radius 3 is 2.50 bits per heavy atom. The highest BCUT2D eigenvalue weighted by molar-refractivity contribution is 5.92. The number of amides is 1. The molecule has 104 valence electrons. The fraction of sp³-hybridized carbons (Fsp3) is 0.235. The molecule has 2 aromatic carbocycles. The molecule has 0 aliphatic carbocycles. The summed E-state index contributed by atoms with van der Waals surface area (Å²) in [6.45, 7) is 2.01. The lowest BCUT2D eigenvalue weighted by molar-refractivity contribution is -0.118. The van der Waals surface area contributed by atoms with E-state index < -0.39 is 0 Å². The fourth-order valence-electron chi connectivity index (χ4n) is 2.02. The van der Waals surface area contributed by atoms with E-state index in [9.17, 15) is 9.18 Å². The molecule has 0 saturated carbocycles. The van der Waals surface area contributed by atoms with E-state index in [2.05, 4.69) is 0 Å². The number of carbonyl (C=O) groups excluding carboxylic acids is 1. The minimum atomic E-state index is -0.262. The zero-order valence-corrected chi connectivity index (χ0v) is 11.8. The fourth-order valence-corrected chi connectivity index (χ4v) is 2.02. The van der Waals surface area contributed by atoms with E-state index in [1.54, 1.807) is 18.0 Å². The Kier molecular flexibility index (Phi) is 4.51. The van der Waals surface area contributed by atoms with E-state index in [1.165, 1.54) is 12.1 Å². The molecule has 0 fully saturated rings. The van der Waals surface area contributed by atoms with E-state index >= 15 is 0 Å². The first kappa shape index (κ1) is 14.3. The topological polar surface area (TPSA) is 20.3 Å². The number of aryl methyl sites for hydroxylation is 2. The number of rotatable bonds is 4. The summed E-state index contributed by atoms with van der Waals surface area (Å²) in [6, 6.07) is 14.2. The molecule has 20 heavy (non-hydrogen) atoms. The zero-order valence-electron chi connectivity index (χ0n) is 11.8. The number of halogens is 1. The summed E-state index contributed by atoms with van der Waals surface area (Å²) in [4.78, 5) is 13.8. The summed E-state index contributed by atoms with van der Waals surface area (Å²) in [7, 11) is 1.76. The van der Waals surface area contributed by atoms with Crippen molar-refractivity contribution < 1.29 is 9.18 Å². The lowest BCUT2D eigenvalue weighted by atomic mass is 10.1. The van der Waals surface area contributed by atoms with Gasteiger partial charge in [-0.3, -0.25) is 4.79 Å². The van der Waals surface area contributed by atoms with Gasteiger partial charge in [0.05, 0.1) is 0 Å². The Labute approximate surface area is 118 Å². The Hall–Kier alpha value is -2.16. The first-order valence-corrected chi connectivity index (χ1v) is 6.64. The second-order valence-corrected chi connectivity index (χ2v) is 4.92.